The van der Waals surface area contributed by atoms with E-state index in [2.05, 4.69) is 4.98 Å². The zero-order valence-electron chi connectivity index (χ0n) is 9.25. The van der Waals surface area contributed by atoms with Crippen LogP contribution in [0.4, 0.5) is 5.69 Å². The van der Waals surface area contributed by atoms with Crippen LogP contribution in [0.1, 0.15) is 5.56 Å². The molecule has 0 saturated carbocycles. The Bertz CT molecular complexity index is 563. The van der Waals surface area contributed by atoms with Gasteiger partial charge in [-0.25, -0.2) is 4.98 Å². The van der Waals surface area contributed by atoms with E-state index in [1.165, 1.54) is 17.8 Å². The lowest BCUT2D eigenvalue weighted by Crippen LogP contribution is -1.91. The Morgan fingerprint density at radius 1 is 1.33 bits per heavy atom. The summed E-state index contributed by atoms with van der Waals surface area (Å²) in [6, 6.07) is 10.5. The van der Waals surface area contributed by atoms with E-state index in [-0.39, 0.29) is 10.7 Å². The Hall–Kier alpha value is -1.59. The SMILES string of the molecule is O=[N+]([O-])c1cc(CSc2ccccn2)ccc1Cl. The molecule has 4 nitrogen and oxygen atoms in total. The highest BCUT2D eigenvalue weighted by atomic mass is 35.5. The predicted molar refractivity (Wildman–Crippen MR) is 71.9 cm³/mol. The minimum absolute atomic E-state index is 0.0595. The van der Waals surface area contributed by atoms with E-state index in [1.807, 2.05) is 18.2 Å². The number of hydrogen-bond donors (Lipinski definition) is 0. The van der Waals surface area contributed by atoms with Gasteiger partial charge in [-0.1, -0.05) is 23.7 Å². The van der Waals surface area contributed by atoms with E-state index in [0.717, 1.165) is 10.6 Å². The predicted octanol–water partition coefficient (Wildman–Crippen LogP) is 3.94. The maximum Gasteiger partial charge on any atom is 0.288 e. The van der Waals surface area contributed by atoms with E-state index >= 15 is 0 Å². The Labute approximate surface area is 113 Å². The molecule has 0 atom stereocenters. The summed E-state index contributed by atoms with van der Waals surface area (Å²) >= 11 is 7.27. The summed E-state index contributed by atoms with van der Waals surface area (Å²) in [7, 11) is 0. The standard InChI is InChI=1S/C12H9ClN2O2S/c13-10-5-4-9(7-11(10)15(16)17)8-18-12-3-1-2-6-14-12/h1-7H,8H2. The third-order valence-corrected chi connectivity index (χ3v) is 3.57. The van der Waals surface area contributed by atoms with Crippen molar-refractivity contribution in [2.45, 2.75) is 10.8 Å². The lowest BCUT2D eigenvalue weighted by molar-refractivity contribution is -0.384. The first-order chi connectivity index (χ1) is 8.66. The number of hydrogen-bond acceptors (Lipinski definition) is 4. The van der Waals surface area contributed by atoms with Gasteiger partial charge in [-0.3, -0.25) is 10.1 Å². The fraction of sp³-hybridized carbons (Fsp3) is 0.0833. The molecule has 0 bridgehead atoms. The molecule has 1 aromatic heterocycles. The van der Waals surface area contributed by atoms with Crippen LogP contribution in [0.5, 0.6) is 0 Å². The van der Waals surface area contributed by atoms with Crippen LogP contribution in [0.25, 0.3) is 0 Å². The van der Waals surface area contributed by atoms with Gasteiger partial charge in [-0.05, 0) is 23.8 Å². The van der Waals surface area contributed by atoms with Crippen molar-refractivity contribution in [3.05, 3.63) is 63.3 Å². The maximum atomic E-state index is 10.8. The van der Waals surface area contributed by atoms with Crippen LogP contribution >= 0.6 is 23.4 Å². The molecular formula is C12H9ClN2O2S. The van der Waals surface area contributed by atoms with Gasteiger partial charge < -0.3 is 0 Å². The number of halogens is 1. The van der Waals surface area contributed by atoms with Crippen LogP contribution in [0.2, 0.25) is 5.02 Å². The third-order valence-electron chi connectivity index (χ3n) is 2.23. The first-order valence-electron chi connectivity index (χ1n) is 5.13. The van der Waals surface area contributed by atoms with Crippen molar-refractivity contribution >= 4 is 29.1 Å². The molecule has 0 fully saturated rings. The topological polar surface area (TPSA) is 56.0 Å². The number of rotatable bonds is 4. The molecule has 0 aliphatic rings. The van der Waals surface area contributed by atoms with E-state index in [9.17, 15) is 10.1 Å². The normalized spacial score (nSPS) is 10.3. The minimum Gasteiger partial charge on any atom is -0.258 e. The van der Waals surface area contributed by atoms with Crippen LogP contribution in [0, 0.1) is 10.1 Å². The summed E-state index contributed by atoms with van der Waals surface area (Å²) in [6.45, 7) is 0. The fourth-order valence-corrected chi connectivity index (χ4v) is 2.37. The molecule has 6 heteroatoms. The number of pyridine rings is 1. The Morgan fingerprint density at radius 3 is 2.83 bits per heavy atom. The third kappa shape index (κ3) is 3.21. The Morgan fingerprint density at radius 2 is 2.17 bits per heavy atom. The number of aromatic nitrogens is 1. The average molecular weight is 281 g/mol. The summed E-state index contributed by atoms with van der Waals surface area (Å²) in [5, 5.41) is 11.8. The average Bonchev–Trinajstić information content (AvgIpc) is 2.38. The number of nitro benzene ring substituents is 1. The van der Waals surface area contributed by atoms with Gasteiger partial charge in [0, 0.05) is 18.0 Å². The number of nitrogens with zero attached hydrogens (tertiary/aromatic N) is 2. The molecule has 0 aliphatic carbocycles. The van der Waals surface area contributed by atoms with Crippen LogP contribution in [0.15, 0.2) is 47.6 Å². The highest BCUT2D eigenvalue weighted by Gasteiger charge is 2.12. The van der Waals surface area contributed by atoms with Gasteiger partial charge >= 0.3 is 0 Å². The molecule has 2 aromatic rings. The monoisotopic (exact) mass is 280 g/mol. The Kier molecular flexibility index (Phi) is 4.17. The quantitative estimate of drug-likeness (QED) is 0.484. The van der Waals surface area contributed by atoms with E-state index in [1.54, 1.807) is 18.3 Å². The number of benzene rings is 1. The van der Waals surface area contributed by atoms with Gasteiger partial charge in [0.1, 0.15) is 5.02 Å². The lowest BCUT2D eigenvalue weighted by Gasteiger charge is -2.02. The molecule has 0 aliphatic heterocycles. The van der Waals surface area contributed by atoms with Gasteiger partial charge in [0.25, 0.3) is 5.69 Å². The highest BCUT2D eigenvalue weighted by molar-refractivity contribution is 7.98. The smallest absolute Gasteiger partial charge is 0.258 e. The number of thioether (sulfide) groups is 1. The first-order valence-corrected chi connectivity index (χ1v) is 6.50. The summed E-state index contributed by atoms with van der Waals surface area (Å²) in [5.41, 5.74) is 0.789. The van der Waals surface area contributed by atoms with Gasteiger partial charge in [-0.2, -0.15) is 0 Å². The van der Waals surface area contributed by atoms with Crippen molar-refractivity contribution in [3.8, 4) is 0 Å². The molecule has 92 valence electrons. The second-order valence-electron chi connectivity index (χ2n) is 3.50. The highest BCUT2D eigenvalue weighted by Crippen LogP contribution is 2.28. The molecular weight excluding hydrogens is 272 g/mol. The lowest BCUT2D eigenvalue weighted by atomic mass is 10.2. The molecule has 1 aromatic carbocycles. The summed E-state index contributed by atoms with van der Waals surface area (Å²) in [4.78, 5) is 14.4. The molecule has 0 saturated heterocycles. The maximum absolute atomic E-state index is 10.8. The van der Waals surface area contributed by atoms with E-state index in [4.69, 9.17) is 11.6 Å². The van der Waals surface area contributed by atoms with Gasteiger partial charge in [0.2, 0.25) is 0 Å². The van der Waals surface area contributed by atoms with Crippen molar-refractivity contribution in [3.63, 3.8) is 0 Å². The molecule has 18 heavy (non-hydrogen) atoms. The van der Waals surface area contributed by atoms with Crippen molar-refractivity contribution in [2.75, 3.05) is 0 Å². The molecule has 2 rings (SSSR count). The van der Waals surface area contributed by atoms with Crippen molar-refractivity contribution in [2.24, 2.45) is 0 Å². The van der Waals surface area contributed by atoms with Gasteiger partial charge in [-0.15, -0.1) is 11.8 Å². The second-order valence-corrected chi connectivity index (χ2v) is 4.90. The van der Waals surface area contributed by atoms with E-state index in [0.29, 0.717) is 5.75 Å². The zero-order valence-corrected chi connectivity index (χ0v) is 10.8. The van der Waals surface area contributed by atoms with Crippen LogP contribution in [0.3, 0.4) is 0 Å². The van der Waals surface area contributed by atoms with Crippen molar-refractivity contribution in [1.29, 1.82) is 0 Å². The Balaban J connectivity index is 2.11. The van der Waals surface area contributed by atoms with Gasteiger partial charge in [0.15, 0.2) is 0 Å². The summed E-state index contributed by atoms with van der Waals surface area (Å²) in [6.07, 6.45) is 1.71. The summed E-state index contributed by atoms with van der Waals surface area (Å²) < 4.78 is 0. The minimum atomic E-state index is -0.475. The molecule has 0 amide bonds. The van der Waals surface area contributed by atoms with Gasteiger partial charge in [0.05, 0.1) is 9.95 Å². The summed E-state index contributed by atoms with van der Waals surface area (Å²) in [5.74, 6) is 0.620. The second kappa shape index (κ2) is 5.84. The van der Waals surface area contributed by atoms with Crippen LogP contribution < -0.4 is 0 Å². The molecule has 1 heterocycles. The molecule has 0 N–H and O–H groups in total. The fourth-order valence-electron chi connectivity index (χ4n) is 1.38. The molecule has 0 spiro atoms. The van der Waals surface area contributed by atoms with Crippen LogP contribution in [-0.4, -0.2) is 9.91 Å². The largest absolute Gasteiger partial charge is 0.288 e. The van der Waals surface area contributed by atoms with Crippen LogP contribution in [-0.2, 0) is 5.75 Å². The van der Waals surface area contributed by atoms with Crippen molar-refractivity contribution < 1.29 is 4.92 Å². The first kappa shape index (κ1) is 12.9. The van der Waals surface area contributed by atoms with Crippen molar-refractivity contribution in [1.82, 2.24) is 4.98 Å². The molecule has 0 unspecified atom stereocenters. The zero-order chi connectivity index (χ0) is 13.0. The number of nitro groups is 1. The molecule has 0 radical (unpaired) electrons. The van der Waals surface area contributed by atoms with E-state index < -0.39 is 4.92 Å².